The van der Waals surface area contributed by atoms with Crippen LogP contribution in [0, 0.1) is 5.21 Å². The van der Waals surface area contributed by atoms with Gasteiger partial charge in [-0.3, -0.25) is 4.98 Å². The molecule has 0 aromatic carbocycles. The Morgan fingerprint density at radius 3 is 2.69 bits per heavy atom. The fraction of sp³-hybridized carbons (Fsp3) is 0.455. The number of carbonyl (C=O) groups is 1. The highest BCUT2D eigenvalue weighted by Gasteiger charge is 2.17. The Morgan fingerprint density at radius 1 is 1.50 bits per heavy atom. The van der Waals surface area contributed by atoms with E-state index in [0.717, 1.165) is 0 Å². The molecule has 1 rings (SSSR count). The fourth-order valence-corrected chi connectivity index (χ4v) is 1.02. The van der Waals surface area contributed by atoms with E-state index in [0.29, 0.717) is 5.69 Å². The minimum absolute atomic E-state index is 0.101. The Bertz CT molecular complexity index is 346. The summed E-state index contributed by atoms with van der Waals surface area (Å²) in [6.45, 7) is 5.02. The Kier molecular flexibility index (Phi) is 3.84. The molecule has 1 aromatic rings. The average molecular weight is 223 g/mol. The number of ether oxygens (including phenoxy) is 1. The highest BCUT2D eigenvalue weighted by atomic mass is 16.6. The van der Waals surface area contributed by atoms with E-state index in [-0.39, 0.29) is 11.6 Å². The van der Waals surface area contributed by atoms with Gasteiger partial charge in [0.1, 0.15) is 5.60 Å². The monoisotopic (exact) mass is 223 g/mol. The van der Waals surface area contributed by atoms with E-state index in [2.05, 4.69) is 4.98 Å². The Hall–Kier alpha value is -1.62. The van der Waals surface area contributed by atoms with Gasteiger partial charge in [0, 0.05) is 6.20 Å². The molecule has 0 saturated heterocycles. The van der Waals surface area contributed by atoms with Crippen molar-refractivity contribution in [1.29, 1.82) is 0 Å². The second-order valence-corrected chi connectivity index (χ2v) is 4.34. The van der Waals surface area contributed by atoms with E-state index in [1.807, 2.05) is 0 Å². The molecule has 5 heteroatoms. The molecule has 0 atom stereocenters. The zero-order valence-corrected chi connectivity index (χ0v) is 9.64. The lowest BCUT2D eigenvalue weighted by atomic mass is 10.2. The molecule has 1 amide bonds. The van der Waals surface area contributed by atoms with Gasteiger partial charge in [-0.1, -0.05) is 6.07 Å². The molecule has 0 unspecified atom stereocenters. The van der Waals surface area contributed by atoms with Gasteiger partial charge in [0.2, 0.25) is 0 Å². The smallest absolute Gasteiger partial charge is 0.399 e. The van der Waals surface area contributed by atoms with Crippen molar-refractivity contribution in [3.8, 4) is 0 Å². The van der Waals surface area contributed by atoms with Gasteiger partial charge in [-0.2, -0.15) is 0 Å². The standard InChI is InChI=1S/C11H15N2O3/c1-11(2,3)16-10(14)13(15)8-9-6-4-5-7-12-9/h4-7H,8H2,1-3H3/q-1. The lowest BCUT2D eigenvalue weighted by Gasteiger charge is -2.30. The summed E-state index contributed by atoms with van der Waals surface area (Å²) in [6, 6.07) is 5.17. The van der Waals surface area contributed by atoms with Crippen LogP contribution in [0.3, 0.4) is 0 Å². The predicted octanol–water partition coefficient (Wildman–Crippen LogP) is 2.32. The van der Waals surface area contributed by atoms with Crippen molar-refractivity contribution in [3.63, 3.8) is 0 Å². The lowest BCUT2D eigenvalue weighted by molar-refractivity contribution is 0.0322. The maximum absolute atomic E-state index is 11.4. The van der Waals surface area contributed by atoms with E-state index in [1.54, 1.807) is 45.2 Å². The first kappa shape index (κ1) is 12.4. The normalized spacial score (nSPS) is 11.0. The number of hydrogen-bond donors (Lipinski definition) is 0. The van der Waals surface area contributed by atoms with Crippen LogP contribution in [0.1, 0.15) is 26.5 Å². The van der Waals surface area contributed by atoms with Gasteiger partial charge in [-0.25, -0.2) is 4.79 Å². The van der Waals surface area contributed by atoms with Gasteiger partial charge in [0.05, 0.1) is 12.2 Å². The lowest BCUT2D eigenvalue weighted by Crippen LogP contribution is -2.32. The third-order valence-corrected chi connectivity index (χ3v) is 1.63. The van der Waals surface area contributed by atoms with E-state index in [4.69, 9.17) is 4.74 Å². The number of carbonyl (C=O) groups excluding carboxylic acids is 1. The Balaban J connectivity index is 2.53. The summed E-state index contributed by atoms with van der Waals surface area (Å²) >= 11 is 0. The van der Waals surface area contributed by atoms with E-state index < -0.39 is 11.7 Å². The zero-order chi connectivity index (χ0) is 12.2. The van der Waals surface area contributed by atoms with Gasteiger partial charge >= 0.3 is 6.09 Å². The van der Waals surface area contributed by atoms with Crippen molar-refractivity contribution in [2.75, 3.05) is 0 Å². The van der Waals surface area contributed by atoms with Crippen LogP contribution in [-0.2, 0) is 11.3 Å². The quantitative estimate of drug-likeness (QED) is 0.721. The van der Waals surface area contributed by atoms with Crippen LogP contribution < -0.4 is 0 Å². The molecule has 16 heavy (non-hydrogen) atoms. The number of aromatic nitrogens is 1. The summed E-state index contributed by atoms with van der Waals surface area (Å²) in [4.78, 5) is 15.3. The number of rotatable bonds is 2. The van der Waals surface area contributed by atoms with Gasteiger partial charge < -0.3 is 15.0 Å². The second kappa shape index (κ2) is 4.94. The van der Waals surface area contributed by atoms with E-state index in [9.17, 15) is 10.0 Å². The summed E-state index contributed by atoms with van der Waals surface area (Å²) in [6.07, 6.45) is 0.677. The summed E-state index contributed by atoms with van der Waals surface area (Å²) in [5.41, 5.74) is -0.132. The first-order valence-electron chi connectivity index (χ1n) is 4.96. The van der Waals surface area contributed by atoms with E-state index in [1.165, 1.54) is 0 Å². The second-order valence-electron chi connectivity index (χ2n) is 4.34. The fourth-order valence-electron chi connectivity index (χ4n) is 1.02. The van der Waals surface area contributed by atoms with Gasteiger partial charge in [0.25, 0.3) is 0 Å². The van der Waals surface area contributed by atoms with Crippen LogP contribution in [0.25, 0.3) is 0 Å². The zero-order valence-electron chi connectivity index (χ0n) is 9.64. The first-order valence-corrected chi connectivity index (χ1v) is 4.96. The first-order chi connectivity index (χ1) is 7.38. The van der Waals surface area contributed by atoms with Crippen LogP contribution in [-0.4, -0.2) is 21.7 Å². The third-order valence-electron chi connectivity index (χ3n) is 1.63. The summed E-state index contributed by atoms with van der Waals surface area (Å²) in [7, 11) is 0. The van der Waals surface area contributed by atoms with Crippen LogP contribution in [0.2, 0.25) is 0 Å². The summed E-state index contributed by atoms with van der Waals surface area (Å²) < 4.78 is 4.92. The van der Waals surface area contributed by atoms with Gasteiger partial charge in [-0.15, -0.1) is 0 Å². The Labute approximate surface area is 94.6 Å². The number of pyridine rings is 1. The van der Waals surface area contributed by atoms with Crippen molar-refractivity contribution in [3.05, 3.63) is 35.3 Å². The maximum Gasteiger partial charge on any atom is 0.399 e. The van der Waals surface area contributed by atoms with Crippen LogP contribution in [0.5, 0.6) is 0 Å². The third kappa shape index (κ3) is 4.27. The van der Waals surface area contributed by atoms with Crippen molar-refractivity contribution in [2.45, 2.75) is 32.9 Å². The molecule has 0 N–H and O–H groups in total. The predicted molar refractivity (Wildman–Crippen MR) is 59.4 cm³/mol. The molecule has 88 valence electrons. The molecule has 0 radical (unpaired) electrons. The molecule has 0 spiro atoms. The topological polar surface area (TPSA) is 65.5 Å². The largest absolute Gasteiger partial charge is 0.753 e. The van der Waals surface area contributed by atoms with Crippen LogP contribution in [0.4, 0.5) is 4.79 Å². The van der Waals surface area contributed by atoms with Crippen LogP contribution in [0.15, 0.2) is 24.4 Å². The van der Waals surface area contributed by atoms with Crippen molar-refractivity contribution >= 4 is 6.09 Å². The molecule has 0 saturated carbocycles. The molecular formula is C11H15N2O3-. The maximum atomic E-state index is 11.4. The minimum atomic E-state index is -0.891. The highest BCUT2D eigenvalue weighted by Crippen LogP contribution is 2.10. The van der Waals surface area contributed by atoms with Crippen LogP contribution >= 0.6 is 0 Å². The molecule has 5 nitrogen and oxygen atoms in total. The molecule has 0 aliphatic rings. The number of nitrogens with zero attached hydrogens (tertiary/aromatic N) is 2. The molecule has 0 aliphatic carbocycles. The molecule has 1 aromatic heterocycles. The average Bonchev–Trinajstić information content (AvgIpc) is 2.16. The van der Waals surface area contributed by atoms with Crippen molar-refractivity contribution in [2.24, 2.45) is 0 Å². The number of amides is 1. The molecule has 0 aliphatic heterocycles. The van der Waals surface area contributed by atoms with Gasteiger partial charge in [-0.05, 0) is 32.9 Å². The summed E-state index contributed by atoms with van der Waals surface area (Å²) in [5, 5.41) is 11.6. The number of hydrogen-bond acceptors (Lipinski definition) is 4. The molecule has 1 heterocycles. The summed E-state index contributed by atoms with van der Waals surface area (Å²) in [5.74, 6) is 0. The molecule has 0 fully saturated rings. The van der Waals surface area contributed by atoms with Gasteiger partial charge in [0.15, 0.2) is 0 Å². The molecular weight excluding hydrogens is 208 g/mol. The van der Waals surface area contributed by atoms with Crippen molar-refractivity contribution < 1.29 is 9.53 Å². The highest BCUT2D eigenvalue weighted by molar-refractivity contribution is 5.68. The minimum Gasteiger partial charge on any atom is -0.753 e. The van der Waals surface area contributed by atoms with Crippen molar-refractivity contribution in [1.82, 2.24) is 10.0 Å². The molecule has 0 bridgehead atoms. The SMILES string of the molecule is CC(C)(C)OC(=O)N([O-])Cc1ccccn1. The number of hydroxylamine groups is 2. The van der Waals surface area contributed by atoms with E-state index >= 15 is 0 Å². The Morgan fingerprint density at radius 2 is 2.19 bits per heavy atom.